The maximum atomic E-state index is 9.18. The number of anilines is 1. The third-order valence-corrected chi connectivity index (χ3v) is 2.89. The number of nitrogens with zero attached hydrogens (tertiary/aromatic N) is 3. The predicted molar refractivity (Wildman–Crippen MR) is 72.3 cm³/mol. The molecule has 0 radical (unpaired) electrons. The summed E-state index contributed by atoms with van der Waals surface area (Å²) in [5.74, 6) is 0.857. The molecule has 0 spiro atoms. The number of aromatic nitrogens is 2. The number of ether oxygens (including phenoxy) is 1. The van der Waals surface area contributed by atoms with Crippen LogP contribution in [0, 0.1) is 25.2 Å². The number of rotatable bonds is 3. The molecular weight excluding hydrogens is 240 g/mol. The second kappa shape index (κ2) is 5.36. The van der Waals surface area contributed by atoms with E-state index in [4.69, 9.17) is 4.74 Å². The molecule has 0 aliphatic heterocycles. The molecule has 2 rings (SSSR count). The SMILES string of the molecule is CNc1ccc(Oc2nnc(C)c(C)c2C#N)cc1. The van der Waals surface area contributed by atoms with Crippen LogP contribution in [0.4, 0.5) is 5.69 Å². The molecule has 0 aliphatic carbocycles. The first-order valence-electron chi connectivity index (χ1n) is 5.85. The lowest BCUT2D eigenvalue weighted by molar-refractivity contribution is 0.452. The van der Waals surface area contributed by atoms with Gasteiger partial charge in [0.15, 0.2) is 0 Å². The Bertz CT molecular complexity index is 629. The molecule has 0 bridgehead atoms. The number of aryl methyl sites for hydroxylation is 1. The molecule has 0 amide bonds. The van der Waals surface area contributed by atoms with Crippen LogP contribution in [0.25, 0.3) is 0 Å². The van der Waals surface area contributed by atoms with E-state index >= 15 is 0 Å². The smallest absolute Gasteiger partial charge is 0.257 e. The first-order valence-corrected chi connectivity index (χ1v) is 5.85. The molecule has 1 heterocycles. The van der Waals surface area contributed by atoms with Crippen molar-refractivity contribution in [1.82, 2.24) is 10.2 Å². The fraction of sp³-hybridized carbons (Fsp3) is 0.214. The average Bonchev–Trinajstić information content (AvgIpc) is 2.44. The monoisotopic (exact) mass is 254 g/mol. The third kappa shape index (κ3) is 2.63. The van der Waals surface area contributed by atoms with Gasteiger partial charge < -0.3 is 10.1 Å². The Morgan fingerprint density at radius 1 is 1.16 bits per heavy atom. The Balaban J connectivity index is 2.33. The van der Waals surface area contributed by atoms with Crippen molar-refractivity contribution < 1.29 is 4.74 Å². The lowest BCUT2D eigenvalue weighted by Crippen LogP contribution is -2.00. The van der Waals surface area contributed by atoms with E-state index in [2.05, 4.69) is 21.6 Å². The summed E-state index contributed by atoms with van der Waals surface area (Å²) < 4.78 is 5.61. The minimum atomic E-state index is 0.239. The van der Waals surface area contributed by atoms with Crippen molar-refractivity contribution in [2.75, 3.05) is 12.4 Å². The minimum Gasteiger partial charge on any atom is -0.437 e. The molecule has 0 fully saturated rings. The van der Waals surface area contributed by atoms with Gasteiger partial charge in [-0.05, 0) is 43.7 Å². The molecule has 1 N–H and O–H groups in total. The highest BCUT2D eigenvalue weighted by Gasteiger charge is 2.12. The molecule has 0 saturated carbocycles. The van der Waals surface area contributed by atoms with Crippen LogP contribution in [0.3, 0.4) is 0 Å². The summed E-state index contributed by atoms with van der Waals surface area (Å²) in [5, 5.41) is 20.1. The number of nitrogens with one attached hydrogen (secondary N) is 1. The maximum Gasteiger partial charge on any atom is 0.257 e. The average molecular weight is 254 g/mol. The Labute approximate surface area is 111 Å². The van der Waals surface area contributed by atoms with Crippen LogP contribution < -0.4 is 10.1 Å². The van der Waals surface area contributed by atoms with Crippen molar-refractivity contribution in [1.29, 1.82) is 5.26 Å². The van der Waals surface area contributed by atoms with Crippen LogP contribution in [-0.2, 0) is 0 Å². The van der Waals surface area contributed by atoms with Crippen LogP contribution in [0.1, 0.15) is 16.8 Å². The molecule has 0 aliphatic rings. The van der Waals surface area contributed by atoms with Gasteiger partial charge in [0, 0.05) is 12.7 Å². The van der Waals surface area contributed by atoms with Gasteiger partial charge in [-0.1, -0.05) is 0 Å². The maximum absolute atomic E-state index is 9.18. The molecule has 1 aromatic carbocycles. The summed E-state index contributed by atoms with van der Waals surface area (Å²) in [6, 6.07) is 9.50. The van der Waals surface area contributed by atoms with Gasteiger partial charge >= 0.3 is 0 Å². The molecule has 96 valence electrons. The van der Waals surface area contributed by atoms with Gasteiger partial charge in [0.25, 0.3) is 5.88 Å². The van der Waals surface area contributed by atoms with E-state index in [0.29, 0.717) is 11.3 Å². The van der Waals surface area contributed by atoms with E-state index in [1.807, 2.05) is 45.2 Å². The Morgan fingerprint density at radius 3 is 2.42 bits per heavy atom. The molecule has 2 aromatic rings. The molecule has 0 atom stereocenters. The van der Waals surface area contributed by atoms with Crippen LogP contribution in [0.15, 0.2) is 24.3 Å². The Morgan fingerprint density at radius 2 is 1.84 bits per heavy atom. The summed E-state index contributed by atoms with van der Waals surface area (Å²) in [6.45, 7) is 3.65. The first-order chi connectivity index (χ1) is 9.15. The highest BCUT2D eigenvalue weighted by Crippen LogP contribution is 2.26. The Hall–Kier alpha value is -2.61. The second-order valence-corrected chi connectivity index (χ2v) is 4.08. The zero-order valence-electron chi connectivity index (χ0n) is 11.1. The number of hydrogen-bond acceptors (Lipinski definition) is 5. The largest absolute Gasteiger partial charge is 0.437 e. The molecule has 5 heteroatoms. The second-order valence-electron chi connectivity index (χ2n) is 4.08. The summed E-state index contributed by atoms with van der Waals surface area (Å²) >= 11 is 0. The van der Waals surface area contributed by atoms with Crippen LogP contribution in [0.5, 0.6) is 11.6 Å². The molecule has 5 nitrogen and oxygen atoms in total. The fourth-order valence-electron chi connectivity index (χ4n) is 1.59. The highest BCUT2D eigenvalue weighted by atomic mass is 16.5. The third-order valence-electron chi connectivity index (χ3n) is 2.89. The van der Waals surface area contributed by atoms with Crippen LogP contribution in [0.2, 0.25) is 0 Å². The minimum absolute atomic E-state index is 0.239. The van der Waals surface area contributed by atoms with Gasteiger partial charge in [-0.3, -0.25) is 0 Å². The summed E-state index contributed by atoms with van der Waals surface area (Å²) in [5.41, 5.74) is 2.93. The van der Waals surface area contributed by atoms with Gasteiger partial charge in [0.05, 0.1) is 5.69 Å². The lowest BCUT2D eigenvalue weighted by Gasteiger charge is -2.09. The van der Waals surface area contributed by atoms with Gasteiger partial charge in [0.2, 0.25) is 0 Å². The number of benzene rings is 1. The van der Waals surface area contributed by atoms with Crippen molar-refractivity contribution in [2.24, 2.45) is 0 Å². The standard InChI is InChI=1S/C14H14N4O/c1-9-10(2)17-18-14(13(9)8-15)19-12-6-4-11(16-3)5-7-12/h4-7,16H,1-3H3. The Kier molecular flexibility index (Phi) is 3.62. The molecule has 19 heavy (non-hydrogen) atoms. The van der Waals surface area contributed by atoms with E-state index in [0.717, 1.165) is 16.9 Å². The van der Waals surface area contributed by atoms with Crippen LogP contribution >= 0.6 is 0 Å². The van der Waals surface area contributed by atoms with E-state index in [1.165, 1.54) is 0 Å². The quantitative estimate of drug-likeness (QED) is 0.911. The van der Waals surface area contributed by atoms with Crippen molar-refractivity contribution >= 4 is 5.69 Å². The van der Waals surface area contributed by atoms with E-state index in [-0.39, 0.29) is 5.88 Å². The van der Waals surface area contributed by atoms with Gasteiger partial charge in [-0.25, -0.2) is 0 Å². The van der Waals surface area contributed by atoms with Crippen molar-refractivity contribution in [2.45, 2.75) is 13.8 Å². The van der Waals surface area contributed by atoms with Crippen LogP contribution in [-0.4, -0.2) is 17.2 Å². The normalized spacial score (nSPS) is 9.79. The van der Waals surface area contributed by atoms with Gasteiger partial charge in [-0.15, -0.1) is 5.10 Å². The van der Waals surface area contributed by atoms with E-state index in [1.54, 1.807) is 0 Å². The molecule has 0 unspecified atom stereocenters. The molecular formula is C14H14N4O. The predicted octanol–water partition coefficient (Wildman–Crippen LogP) is 2.80. The van der Waals surface area contributed by atoms with Crippen molar-refractivity contribution in [3.05, 3.63) is 41.1 Å². The summed E-state index contributed by atoms with van der Waals surface area (Å²) in [4.78, 5) is 0. The number of nitriles is 1. The summed E-state index contributed by atoms with van der Waals surface area (Å²) in [6.07, 6.45) is 0. The van der Waals surface area contributed by atoms with Gasteiger partial charge in [-0.2, -0.15) is 10.4 Å². The van der Waals surface area contributed by atoms with E-state index < -0.39 is 0 Å². The molecule has 1 aromatic heterocycles. The van der Waals surface area contributed by atoms with Crippen molar-refractivity contribution in [3.8, 4) is 17.7 Å². The highest BCUT2D eigenvalue weighted by molar-refractivity contribution is 5.49. The molecule has 0 saturated heterocycles. The first kappa shape index (κ1) is 12.8. The zero-order chi connectivity index (χ0) is 13.8. The van der Waals surface area contributed by atoms with E-state index in [9.17, 15) is 5.26 Å². The lowest BCUT2D eigenvalue weighted by atomic mass is 10.1. The fourth-order valence-corrected chi connectivity index (χ4v) is 1.59. The topological polar surface area (TPSA) is 70.8 Å². The zero-order valence-corrected chi connectivity index (χ0v) is 11.1. The number of hydrogen-bond donors (Lipinski definition) is 1. The van der Waals surface area contributed by atoms with Crippen molar-refractivity contribution in [3.63, 3.8) is 0 Å². The van der Waals surface area contributed by atoms with Gasteiger partial charge in [0.1, 0.15) is 17.4 Å². The summed E-state index contributed by atoms with van der Waals surface area (Å²) in [7, 11) is 1.85.